The second-order valence-electron chi connectivity index (χ2n) is 8.27. The zero-order valence-corrected chi connectivity index (χ0v) is 15.4. The molecular weight excluding hydrogens is 302 g/mol. The summed E-state index contributed by atoms with van der Waals surface area (Å²) in [5.74, 6) is 0.771. The van der Waals surface area contributed by atoms with Crippen LogP contribution in [0, 0.1) is 5.41 Å². The second kappa shape index (κ2) is 7.34. The number of benzene rings is 1. The van der Waals surface area contributed by atoms with Crippen LogP contribution in [0.25, 0.3) is 0 Å². The molecule has 5 heteroatoms. The molecule has 2 aromatic rings. The smallest absolute Gasteiger partial charge is 0.119 e. The number of aromatic nitrogens is 3. The van der Waals surface area contributed by atoms with E-state index in [9.17, 15) is 5.11 Å². The first-order chi connectivity index (χ1) is 11.2. The molecule has 1 N–H and O–H groups in total. The van der Waals surface area contributed by atoms with Crippen LogP contribution in [-0.2, 0) is 12.0 Å². The first kappa shape index (κ1) is 18.5. The number of hydrogen-bond acceptors (Lipinski definition) is 4. The second-order valence-corrected chi connectivity index (χ2v) is 8.27. The predicted molar refractivity (Wildman–Crippen MR) is 95.1 cm³/mol. The molecule has 1 atom stereocenters. The van der Waals surface area contributed by atoms with Gasteiger partial charge in [-0.3, -0.25) is 0 Å². The lowest BCUT2D eigenvalue weighted by molar-refractivity contribution is 0.0923. The van der Waals surface area contributed by atoms with Crippen molar-refractivity contribution in [2.75, 3.05) is 6.61 Å². The highest BCUT2D eigenvalue weighted by molar-refractivity contribution is 5.31. The van der Waals surface area contributed by atoms with E-state index in [0.717, 1.165) is 12.2 Å². The normalized spacial score (nSPS) is 13.8. The molecule has 5 nitrogen and oxygen atoms in total. The largest absolute Gasteiger partial charge is 0.491 e. The van der Waals surface area contributed by atoms with Crippen LogP contribution in [0.3, 0.4) is 0 Å². The van der Waals surface area contributed by atoms with Gasteiger partial charge in [0, 0.05) is 0 Å². The highest BCUT2D eigenvalue weighted by atomic mass is 16.5. The summed E-state index contributed by atoms with van der Waals surface area (Å²) in [6.45, 7) is 12.0. The Hall–Kier alpha value is -1.88. The van der Waals surface area contributed by atoms with E-state index in [1.54, 1.807) is 17.2 Å². The Morgan fingerprint density at radius 1 is 1.04 bits per heavy atom. The van der Waals surface area contributed by atoms with Gasteiger partial charge in [-0.05, 0) is 34.9 Å². The SMILES string of the molecule is CC(C)(C)CC(C)(C)c1ccc(OCC(O)Cn2cnnc2)cc1. The summed E-state index contributed by atoms with van der Waals surface area (Å²) in [6.07, 6.45) is 3.67. The summed E-state index contributed by atoms with van der Waals surface area (Å²) < 4.78 is 7.41. The quantitative estimate of drug-likeness (QED) is 0.844. The highest BCUT2D eigenvalue weighted by Crippen LogP contribution is 2.36. The molecule has 0 fully saturated rings. The molecule has 1 unspecified atom stereocenters. The van der Waals surface area contributed by atoms with E-state index >= 15 is 0 Å². The molecule has 0 saturated carbocycles. The molecule has 132 valence electrons. The van der Waals surface area contributed by atoms with Crippen molar-refractivity contribution < 1.29 is 9.84 Å². The van der Waals surface area contributed by atoms with Crippen molar-refractivity contribution in [1.29, 1.82) is 0 Å². The molecule has 1 heterocycles. The van der Waals surface area contributed by atoms with Crippen molar-refractivity contribution >= 4 is 0 Å². The molecular formula is C19H29N3O2. The topological polar surface area (TPSA) is 60.2 Å². The summed E-state index contributed by atoms with van der Waals surface area (Å²) in [7, 11) is 0. The molecule has 0 aliphatic rings. The zero-order chi connectivity index (χ0) is 17.8. The summed E-state index contributed by atoms with van der Waals surface area (Å²) in [6, 6.07) is 8.19. The summed E-state index contributed by atoms with van der Waals surface area (Å²) in [5.41, 5.74) is 1.70. The Kier molecular flexibility index (Phi) is 5.65. The van der Waals surface area contributed by atoms with E-state index in [1.807, 2.05) is 12.1 Å². The maximum absolute atomic E-state index is 9.99. The highest BCUT2D eigenvalue weighted by Gasteiger charge is 2.27. The molecule has 0 bridgehead atoms. The summed E-state index contributed by atoms with van der Waals surface area (Å²) in [5, 5.41) is 17.4. The van der Waals surface area contributed by atoms with Gasteiger partial charge in [0.1, 0.15) is 31.1 Å². The fourth-order valence-corrected chi connectivity index (χ4v) is 3.24. The van der Waals surface area contributed by atoms with E-state index in [-0.39, 0.29) is 17.4 Å². The Morgan fingerprint density at radius 2 is 1.62 bits per heavy atom. The van der Waals surface area contributed by atoms with Gasteiger partial charge in [-0.2, -0.15) is 0 Å². The number of aliphatic hydroxyl groups excluding tert-OH is 1. The molecule has 2 rings (SSSR count). The van der Waals surface area contributed by atoms with Crippen molar-refractivity contribution in [3.8, 4) is 5.75 Å². The van der Waals surface area contributed by atoms with E-state index in [4.69, 9.17) is 4.74 Å². The van der Waals surface area contributed by atoms with Gasteiger partial charge in [0.2, 0.25) is 0 Å². The number of ether oxygens (including phenoxy) is 1. The van der Waals surface area contributed by atoms with Crippen LogP contribution in [0.5, 0.6) is 5.75 Å². The van der Waals surface area contributed by atoms with Gasteiger partial charge >= 0.3 is 0 Å². The molecule has 0 amide bonds. The molecule has 0 radical (unpaired) electrons. The van der Waals surface area contributed by atoms with Crippen LogP contribution in [0.2, 0.25) is 0 Å². The van der Waals surface area contributed by atoms with Crippen LogP contribution in [0.4, 0.5) is 0 Å². The third-order valence-corrected chi connectivity index (χ3v) is 3.94. The zero-order valence-electron chi connectivity index (χ0n) is 15.4. The maximum atomic E-state index is 9.99. The monoisotopic (exact) mass is 331 g/mol. The molecule has 0 spiro atoms. The molecule has 0 aliphatic carbocycles. The van der Waals surface area contributed by atoms with E-state index < -0.39 is 6.10 Å². The number of rotatable bonds is 7. The lowest BCUT2D eigenvalue weighted by Crippen LogP contribution is -2.25. The summed E-state index contributed by atoms with van der Waals surface area (Å²) in [4.78, 5) is 0. The van der Waals surface area contributed by atoms with Gasteiger partial charge in [0.05, 0.1) is 6.54 Å². The number of nitrogens with zero attached hydrogens (tertiary/aromatic N) is 3. The first-order valence-electron chi connectivity index (χ1n) is 8.39. The van der Waals surface area contributed by atoms with Crippen LogP contribution in [0.1, 0.15) is 46.6 Å². The van der Waals surface area contributed by atoms with Crippen molar-refractivity contribution in [1.82, 2.24) is 14.8 Å². The number of aliphatic hydroxyl groups is 1. The van der Waals surface area contributed by atoms with Crippen molar-refractivity contribution in [3.63, 3.8) is 0 Å². The van der Waals surface area contributed by atoms with Crippen LogP contribution in [-0.4, -0.2) is 32.6 Å². The first-order valence-corrected chi connectivity index (χ1v) is 8.39. The Morgan fingerprint density at radius 3 is 2.17 bits per heavy atom. The van der Waals surface area contributed by atoms with Gasteiger partial charge < -0.3 is 14.4 Å². The fraction of sp³-hybridized carbons (Fsp3) is 0.579. The molecule has 1 aromatic carbocycles. The average molecular weight is 331 g/mol. The van der Waals surface area contributed by atoms with Gasteiger partial charge in [-0.25, -0.2) is 0 Å². The minimum atomic E-state index is -0.599. The van der Waals surface area contributed by atoms with Crippen LogP contribution in [0.15, 0.2) is 36.9 Å². The minimum Gasteiger partial charge on any atom is -0.491 e. The van der Waals surface area contributed by atoms with Crippen molar-refractivity contribution in [2.45, 2.75) is 59.1 Å². The molecule has 0 aliphatic heterocycles. The predicted octanol–water partition coefficient (Wildman–Crippen LogP) is 3.43. The lowest BCUT2D eigenvalue weighted by atomic mass is 9.72. The number of hydrogen-bond donors (Lipinski definition) is 1. The van der Waals surface area contributed by atoms with Crippen molar-refractivity contribution in [2.24, 2.45) is 5.41 Å². The van der Waals surface area contributed by atoms with Crippen LogP contribution >= 0.6 is 0 Å². The van der Waals surface area contributed by atoms with Crippen molar-refractivity contribution in [3.05, 3.63) is 42.5 Å². The summed E-state index contributed by atoms with van der Waals surface area (Å²) >= 11 is 0. The Balaban J connectivity index is 1.89. The van der Waals surface area contributed by atoms with E-state index in [1.165, 1.54) is 5.56 Å². The van der Waals surface area contributed by atoms with E-state index in [0.29, 0.717) is 6.54 Å². The molecule has 0 saturated heterocycles. The molecule has 24 heavy (non-hydrogen) atoms. The van der Waals surface area contributed by atoms with Gasteiger partial charge in [-0.15, -0.1) is 10.2 Å². The molecule has 1 aromatic heterocycles. The van der Waals surface area contributed by atoms with Gasteiger partial charge in [-0.1, -0.05) is 46.8 Å². The third kappa shape index (κ3) is 5.64. The Labute approximate surface area is 144 Å². The average Bonchev–Trinajstić information content (AvgIpc) is 2.96. The third-order valence-electron chi connectivity index (χ3n) is 3.94. The minimum absolute atomic E-state index is 0.116. The standard InChI is InChI=1S/C19H29N3O2/c1-18(2,3)12-19(4,5)15-6-8-17(9-7-15)24-11-16(23)10-22-13-20-21-14-22/h6-9,13-14,16,23H,10-12H2,1-5H3. The van der Waals surface area contributed by atoms with Gasteiger partial charge in [0.25, 0.3) is 0 Å². The van der Waals surface area contributed by atoms with E-state index in [2.05, 4.69) is 56.9 Å². The van der Waals surface area contributed by atoms with Gasteiger partial charge in [0.15, 0.2) is 0 Å². The van der Waals surface area contributed by atoms with Crippen LogP contribution < -0.4 is 4.74 Å². The lowest BCUT2D eigenvalue weighted by Gasteiger charge is -2.33. The maximum Gasteiger partial charge on any atom is 0.119 e. The Bertz CT molecular complexity index is 613. The fourth-order valence-electron chi connectivity index (χ4n) is 3.24.